The first-order valence-electron chi connectivity index (χ1n) is 4.42. The lowest BCUT2D eigenvalue weighted by Gasteiger charge is -2.22. The van der Waals surface area contributed by atoms with Crippen LogP contribution in [0.2, 0.25) is 0 Å². The molecule has 0 aromatic rings. The predicted molar refractivity (Wildman–Crippen MR) is 58.3 cm³/mol. The van der Waals surface area contributed by atoms with Crippen LogP contribution in [0.3, 0.4) is 0 Å². The second kappa shape index (κ2) is 7.19. The third-order valence-corrected chi connectivity index (χ3v) is 3.72. The molecule has 0 amide bonds. The molecule has 4 heteroatoms. The van der Waals surface area contributed by atoms with E-state index in [4.69, 9.17) is 13.8 Å². The quantitative estimate of drug-likeness (QED) is 0.347. The van der Waals surface area contributed by atoms with E-state index in [1.165, 1.54) is 6.26 Å². The van der Waals surface area contributed by atoms with Crippen LogP contribution in [0, 0.1) is 0 Å². The minimum absolute atomic E-state index is 0.556. The van der Waals surface area contributed by atoms with Crippen molar-refractivity contribution in [2.45, 2.75) is 13.8 Å². The highest BCUT2D eigenvalue weighted by Gasteiger charge is 2.13. The normalized spacial score (nSPS) is 11.2. The maximum Gasteiger partial charge on any atom is 0.120 e. The summed E-state index contributed by atoms with van der Waals surface area (Å²) in [5, 5.41) is 0. The second-order valence-electron chi connectivity index (χ2n) is 2.41. The van der Waals surface area contributed by atoms with E-state index in [9.17, 15) is 0 Å². The first-order valence-corrected chi connectivity index (χ1v) is 6.42. The third-order valence-electron chi connectivity index (χ3n) is 1.40. The van der Waals surface area contributed by atoms with Crippen molar-refractivity contribution in [2.75, 3.05) is 26.0 Å². The summed E-state index contributed by atoms with van der Waals surface area (Å²) in [4.78, 5) is 0. The summed E-state index contributed by atoms with van der Waals surface area (Å²) in [5.41, 5.74) is 0. The molecule has 0 radical (unpaired) electrons. The van der Waals surface area contributed by atoms with Crippen molar-refractivity contribution in [2.24, 2.45) is 0 Å². The fourth-order valence-electron chi connectivity index (χ4n) is 0.912. The van der Waals surface area contributed by atoms with E-state index in [1.807, 2.05) is 13.8 Å². The van der Waals surface area contributed by atoms with Crippen molar-refractivity contribution in [1.29, 1.82) is 0 Å². The summed E-state index contributed by atoms with van der Waals surface area (Å²) in [6.45, 7) is 9.15. The summed E-state index contributed by atoms with van der Waals surface area (Å²) >= 11 is 0. The fraction of sp³-hybridized carbons (Fsp3) is 0.667. The fourth-order valence-corrected chi connectivity index (χ4v) is 2.57. The van der Waals surface area contributed by atoms with Gasteiger partial charge in [0.05, 0.1) is 26.1 Å². The van der Waals surface area contributed by atoms with Gasteiger partial charge < -0.3 is 13.8 Å². The van der Waals surface area contributed by atoms with Gasteiger partial charge in [-0.2, -0.15) is 0 Å². The minimum Gasteiger partial charge on any atom is -0.501 e. The number of hydrogen-bond acceptors (Lipinski definition) is 3. The highest BCUT2D eigenvalue weighted by molar-refractivity contribution is 7.64. The Morgan fingerprint density at radius 2 is 1.77 bits per heavy atom. The Morgan fingerprint density at radius 1 is 1.23 bits per heavy atom. The van der Waals surface area contributed by atoms with Gasteiger partial charge in [0, 0.05) is 6.16 Å². The zero-order chi connectivity index (χ0) is 10.2. The summed E-state index contributed by atoms with van der Waals surface area (Å²) in [6, 6.07) is 0. The summed E-state index contributed by atoms with van der Waals surface area (Å²) in [5.74, 6) is 0. The van der Waals surface area contributed by atoms with Gasteiger partial charge in [0.1, 0.15) is 7.34 Å². The van der Waals surface area contributed by atoms with Crippen molar-refractivity contribution in [3.63, 3.8) is 0 Å². The van der Waals surface area contributed by atoms with E-state index in [-0.39, 0.29) is 0 Å². The van der Waals surface area contributed by atoms with E-state index in [0.29, 0.717) is 26.0 Å². The highest BCUT2D eigenvalue weighted by atomic mass is 31.2. The third kappa shape index (κ3) is 5.92. The SMILES string of the molecule is C=COCCP(=C)(OCC)OCC. The van der Waals surface area contributed by atoms with Crippen LogP contribution in [0.1, 0.15) is 13.8 Å². The largest absolute Gasteiger partial charge is 0.501 e. The lowest BCUT2D eigenvalue weighted by Crippen LogP contribution is -2.04. The molecule has 0 bridgehead atoms. The van der Waals surface area contributed by atoms with Crippen molar-refractivity contribution >= 4 is 13.6 Å². The molecule has 0 N–H and O–H groups in total. The van der Waals surface area contributed by atoms with Gasteiger partial charge in [-0.3, -0.25) is 0 Å². The van der Waals surface area contributed by atoms with E-state index in [2.05, 4.69) is 12.9 Å². The van der Waals surface area contributed by atoms with Gasteiger partial charge in [0.2, 0.25) is 0 Å². The molecule has 0 atom stereocenters. The van der Waals surface area contributed by atoms with Crippen molar-refractivity contribution < 1.29 is 13.8 Å². The number of hydrogen-bond donors (Lipinski definition) is 0. The second-order valence-corrected chi connectivity index (χ2v) is 5.00. The first kappa shape index (κ1) is 12.8. The maximum atomic E-state index is 5.48. The van der Waals surface area contributed by atoms with Crippen LogP contribution >= 0.6 is 7.34 Å². The van der Waals surface area contributed by atoms with Crippen LogP contribution in [-0.4, -0.2) is 32.3 Å². The minimum atomic E-state index is -1.92. The van der Waals surface area contributed by atoms with Crippen LogP contribution < -0.4 is 0 Å². The summed E-state index contributed by atoms with van der Waals surface area (Å²) in [7, 11) is -1.92. The monoisotopic (exact) mass is 206 g/mol. The van der Waals surface area contributed by atoms with Gasteiger partial charge in [0.25, 0.3) is 0 Å². The Balaban J connectivity index is 3.91. The molecule has 3 nitrogen and oxygen atoms in total. The van der Waals surface area contributed by atoms with Gasteiger partial charge in [-0.15, -0.1) is 0 Å². The van der Waals surface area contributed by atoms with Crippen molar-refractivity contribution in [3.05, 3.63) is 12.8 Å². The molecule has 0 rings (SSSR count). The van der Waals surface area contributed by atoms with Crippen LogP contribution in [-0.2, 0) is 13.8 Å². The van der Waals surface area contributed by atoms with E-state index in [0.717, 1.165) is 0 Å². The Bertz CT molecular complexity index is 170. The average Bonchev–Trinajstić information content (AvgIpc) is 2.05. The van der Waals surface area contributed by atoms with Gasteiger partial charge in [-0.25, -0.2) is 0 Å². The molecular weight excluding hydrogens is 187 g/mol. The van der Waals surface area contributed by atoms with Gasteiger partial charge >= 0.3 is 0 Å². The van der Waals surface area contributed by atoms with E-state index >= 15 is 0 Å². The Kier molecular flexibility index (Phi) is 7.06. The average molecular weight is 206 g/mol. The smallest absolute Gasteiger partial charge is 0.120 e. The molecule has 0 heterocycles. The molecule has 0 fully saturated rings. The van der Waals surface area contributed by atoms with Gasteiger partial charge in [-0.05, 0) is 13.8 Å². The van der Waals surface area contributed by atoms with Crippen LogP contribution in [0.25, 0.3) is 0 Å². The molecule has 0 saturated heterocycles. The summed E-state index contributed by atoms with van der Waals surface area (Å²) < 4.78 is 16.0. The molecule has 0 aliphatic heterocycles. The van der Waals surface area contributed by atoms with Crippen LogP contribution in [0.15, 0.2) is 12.8 Å². The van der Waals surface area contributed by atoms with E-state index in [1.54, 1.807) is 0 Å². The Labute approximate surface area is 80.8 Å². The number of rotatable bonds is 8. The lowest BCUT2D eigenvalue weighted by molar-refractivity contribution is 0.238. The zero-order valence-electron chi connectivity index (χ0n) is 8.49. The molecule has 0 saturated carbocycles. The van der Waals surface area contributed by atoms with Crippen LogP contribution in [0.4, 0.5) is 0 Å². The molecule has 13 heavy (non-hydrogen) atoms. The highest BCUT2D eigenvalue weighted by Crippen LogP contribution is 2.46. The molecule has 0 aliphatic carbocycles. The zero-order valence-corrected chi connectivity index (χ0v) is 9.39. The molecule has 0 unspecified atom stereocenters. The van der Waals surface area contributed by atoms with E-state index < -0.39 is 7.34 Å². The number of ether oxygens (including phenoxy) is 1. The Hall–Kier alpha value is -0.240. The topological polar surface area (TPSA) is 27.7 Å². The molecule has 0 spiro atoms. The molecule has 0 aromatic carbocycles. The van der Waals surface area contributed by atoms with Crippen molar-refractivity contribution in [1.82, 2.24) is 0 Å². The standard InChI is InChI=1S/C9H19O3P/c1-5-10-8-9-13(4,11-6-2)12-7-3/h5H,1,4,6-9H2,2-3H3. The lowest BCUT2D eigenvalue weighted by atomic mass is 10.8. The molecule has 0 aliphatic rings. The molecular formula is C9H19O3P. The predicted octanol–water partition coefficient (Wildman–Crippen LogP) is 2.50. The summed E-state index contributed by atoms with van der Waals surface area (Å²) in [6.07, 6.45) is 6.10. The molecule has 0 aromatic heterocycles. The Morgan fingerprint density at radius 3 is 2.15 bits per heavy atom. The van der Waals surface area contributed by atoms with Gasteiger partial charge in [-0.1, -0.05) is 12.9 Å². The maximum absolute atomic E-state index is 5.48. The van der Waals surface area contributed by atoms with Crippen molar-refractivity contribution in [3.8, 4) is 0 Å². The van der Waals surface area contributed by atoms with Gasteiger partial charge in [0.15, 0.2) is 0 Å². The van der Waals surface area contributed by atoms with Crippen LogP contribution in [0.5, 0.6) is 0 Å². The first-order chi connectivity index (χ1) is 6.18. The molecule has 78 valence electrons.